The van der Waals surface area contributed by atoms with Gasteiger partial charge in [-0.2, -0.15) is 0 Å². The summed E-state index contributed by atoms with van der Waals surface area (Å²) in [6.07, 6.45) is 0. The second kappa shape index (κ2) is 1.51. The molecule has 1 aliphatic heterocycles. The van der Waals surface area contributed by atoms with E-state index in [2.05, 4.69) is 4.09 Å². The van der Waals surface area contributed by atoms with E-state index in [1.807, 2.05) is 0 Å². The first-order chi connectivity index (χ1) is 3.41. The van der Waals surface area contributed by atoms with Crippen LogP contribution in [0.25, 0.3) is 0 Å². The van der Waals surface area contributed by atoms with E-state index in [4.69, 9.17) is 0 Å². The van der Waals surface area contributed by atoms with E-state index in [0.717, 1.165) is 0 Å². The van der Waals surface area contributed by atoms with Crippen molar-refractivity contribution in [1.82, 2.24) is 0 Å². The monoisotopic (exact) mass is 464 g/mol. The van der Waals surface area contributed by atoms with Crippen LogP contribution < -0.4 is 0 Å². The van der Waals surface area contributed by atoms with E-state index in [0.29, 0.717) is 0 Å². The number of rotatable bonds is 0. The summed E-state index contributed by atoms with van der Waals surface area (Å²) in [5, 5.41) is 0. The summed E-state index contributed by atoms with van der Waals surface area (Å²) >= 11 is -10.5. The van der Waals surface area contributed by atoms with Crippen molar-refractivity contribution >= 4 is 0 Å². The minimum absolute atomic E-state index is 3.49. The SMILES string of the molecule is [O]=[W]1(=[O])[O][W](=[O])(=[O])[O]1. The Hall–Kier alpha value is 0.497. The van der Waals surface area contributed by atoms with Gasteiger partial charge >= 0.3 is 51.2 Å². The summed E-state index contributed by atoms with van der Waals surface area (Å²) in [5.41, 5.74) is 0. The fourth-order valence-corrected chi connectivity index (χ4v) is 14.0. The van der Waals surface area contributed by atoms with Gasteiger partial charge in [-0.1, -0.05) is 0 Å². The second-order valence-electron chi connectivity index (χ2n) is 0.953. The molecule has 8 heteroatoms. The van der Waals surface area contributed by atoms with Gasteiger partial charge in [-0.15, -0.1) is 0 Å². The van der Waals surface area contributed by atoms with Crippen LogP contribution in [0.5, 0.6) is 0 Å². The van der Waals surface area contributed by atoms with Crippen molar-refractivity contribution in [3.05, 3.63) is 0 Å². The molecule has 0 amide bonds. The predicted octanol–water partition coefficient (Wildman–Crippen LogP) is -0.617. The Kier molecular flexibility index (Phi) is 1.24. The molecule has 1 saturated heterocycles. The van der Waals surface area contributed by atoms with Crippen molar-refractivity contribution in [2.75, 3.05) is 0 Å². The third-order valence-corrected chi connectivity index (χ3v) is 22.3. The van der Waals surface area contributed by atoms with Crippen molar-refractivity contribution in [1.29, 1.82) is 0 Å². The molecule has 8 heavy (non-hydrogen) atoms. The molecule has 1 fully saturated rings. The molecule has 0 atom stereocenters. The Bertz CT molecular complexity index is 226. The van der Waals surface area contributed by atoms with E-state index in [9.17, 15) is 13.6 Å². The third kappa shape index (κ3) is 1.26. The average molecular weight is 464 g/mol. The van der Waals surface area contributed by atoms with Crippen LogP contribution in [0.2, 0.25) is 0 Å². The van der Waals surface area contributed by atoms with Gasteiger partial charge in [0.1, 0.15) is 0 Å². The van der Waals surface area contributed by atoms with E-state index >= 15 is 0 Å². The van der Waals surface area contributed by atoms with Gasteiger partial charge in [0, 0.05) is 0 Å². The molecular formula is O6W2. The van der Waals surface area contributed by atoms with Gasteiger partial charge in [-0.3, -0.25) is 0 Å². The molecule has 0 N–H and O–H groups in total. The fourth-order valence-electron chi connectivity index (χ4n) is 0.209. The summed E-state index contributed by atoms with van der Waals surface area (Å²) in [4.78, 5) is 0. The second-order valence-corrected chi connectivity index (χ2v) is 15.8. The van der Waals surface area contributed by atoms with Gasteiger partial charge in [-0.25, -0.2) is 0 Å². The molecule has 0 aromatic carbocycles. The molecule has 0 aliphatic carbocycles. The summed E-state index contributed by atoms with van der Waals surface area (Å²) in [6.45, 7) is 0. The molecular weight excluding hydrogens is 464 g/mol. The van der Waals surface area contributed by atoms with Gasteiger partial charge in [0.2, 0.25) is 0 Å². The molecule has 1 rings (SSSR count). The first kappa shape index (κ1) is 6.61. The van der Waals surface area contributed by atoms with Crippen molar-refractivity contribution in [3.63, 3.8) is 0 Å². The maximum atomic E-state index is 9.84. The Morgan fingerprint density at radius 3 is 1.00 bits per heavy atom. The summed E-state index contributed by atoms with van der Waals surface area (Å²) < 4.78 is 46.3. The molecule has 0 radical (unpaired) electrons. The Labute approximate surface area is 51.2 Å². The average Bonchev–Trinajstić information content (AvgIpc) is 1.20. The normalized spacial score (nSPS) is 31.0. The molecule has 0 saturated carbocycles. The van der Waals surface area contributed by atoms with Gasteiger partial charge in [0.15, 0.2) is 0 Å². The molecule has 0 aromatic heterocycles. The van der Waals surface area contributed by atoms with E-state index < -0.39 is 33.5 Å². The maximum absolute atomic E-state index is 9.84. The molecule has 0 bridgehead atoms. The summed E-state index contributed by atoms with van der Waals surface area (Å²) in [5.74, 6) is 0. The zero-order valence-electron chi connectivity index (χ0n) is 3.27. The van der Waals surface area contributed by atoms with Gasteiger partial charge in [0.25, 0.3) is 0 Å². The summed E-state index contributed by atoms with van der Waals surface area (Å²) in [6, 6.07) is 0. The van der Waals surface area contributed by atoms with Crippen molar-refractivity contribution in [2.45, 2.75) is 0 Å². The van der Waals surface area contributed by atoms with Crippen LogP contribution >= 0.6 is 0 Å². The fraction of sp³-hybridized carbons (Fsp3) is 0. The molecule has 0 spiro atoms. The topological polar surface area (TPSA) is 86.7 Å². The third-order valence-electron chi connectivity index (χ3n) is 0.333. The van der Waals surface area contributed by atoms with Crippen LogP contribution in [0, 0.1) is 0 Å². The van der Waals surface area contributed by atoms with Crippen LogP contribution in [0.15, 0.2) is 0 Å². The number of hydrogen-bond donors (Lipinski definition) is 0. The Balaban J connectivity index is 3.00. The first-order valence-corrected chi connectivity index (χ1v) is 10.9. The van der Waals surface area contributed by atoms with Gasteiger partial charge in [-0.05, 0) is 0 Å². The Morgan fingerprint density at radius 2 is 1.00 bits per heavy atom. The zero-order chi connectivity index (χ0) is 6.41. The van der Waals surface area contributed by atoms with E-state index in [1.165, 1.54) is 0 Å². The van der Waals surface area contributed by atoms with E-state index in [1.54, 1.807) is 0 Å². The molecule has 0 unspecified atom stereocenters. The number of hydrogen-bond acceptors (Lipinski definition) is 6. The summed E-state index contributed by atoms with van der Waals surface area (Å²) in [7, 11) is 0. The van der Waals surface area contributed by atoms with Crippen molar-refractivity contribution in [3.8, 4) is 0 Å². The van der Waals surface area contributed by atoms with Crippen LogP contribution in [-0.2, 0) is 51.2 Å². The van der Waals surface area contributed by atoms with Crippen molar-refractivity contribution < 1.29 is 51.2 Å². The van der Waals surface area contributed by atoms with Crippen molar-refractivity contribution in [2.24, 2.45) is 0 Å². The van der Waals surface area contributed by atoms with E-state index in [-0.39, 0.29) is 0 Å². The zero-order valence-corrected chi connectivity index (χ0v) is 9.13. The van der Waals surface area contributed by atoms with Gasteiger partial charge in [0.05, 0.1) is 0 Å². The first-order valence-electron chi connectivity index (χ1n) is 1.33. The predicted molar refractivity (Wildman–Crippen MR) is 4.92 cm³/mol. The Morgan fingerprint density at radius 1 is 0.750 bits per heavy atom. The van der Waals surface area contributed by atoms with Gasteiger partial charge < -0.3 is 0 Å². The van der Waals surface area contributed by atoms with Crippen LogP contribution in [0.1, 0.15) is 0 Å². The molecule has 0 aromatic rings. The molecule has 1 aliphatic rings. The quantitative estimate of drug-likeness (QED) is 0.476. The molecule has 48 valence electrons. The molecule has 6 nitrogen and oxygen atoms in total. The minimum atomic E-state index is -5.24. The molecule has 1 heterocycles. The standard InChI is InChI=1S/6O.2W. The van der Waals surface area contributed by atoms with Crippen LogP contribution in [-0.4, -0.2) is 0 Å². The van der Waals surface area contributed by atoms with Crippen LogP contribution in [0.3, 0.4) is 0 Å². The van der Waals surface area contributed by atoms with Crippen LogP contribution in [0.4, 0.5) is 0 Å².